The Labute approximate surface area is 202 Å². The van der Waals surface area contributed by atoms with Crippen molar-refractivity contribution in [3.63, 3.8) is 0 Å². The molecule has 0 fully saturated rings. The normalized spacial score (nSPS) is 15.1. The zero-order valence-corrected chi connectivity index (χ0v) is 20.7. The van der Waals surface area contributed by atoms with Gasteiger partial charge < -0.3 is 25.3 Å². The van der Waals surface area contributed by atoms with E-state index in [-0.39, 0.29) is 24.0 Å². The summed E-state index contributed by atoms with van der Waals surface area (Å²) in [6.45, 7) is 1.32. The van der Waals surface area contributed by atoms with E-state index in [9.17, 15) is 28.2 Å². The fourth-order valence-electron chi connectivity index (χ4n) is 3.26. The van der Waals surface area contributed by atoms with Gasteiger partial charge in [-0.25, -0.2) is 13.1 Å². The zero-order valence-electron chi connectivity index (χ0n) is 19.1. The second-order valence-electron chi connectivity index (χ2n) is 7.75. The number of carbonyl (C=O) groups is 2. The highest BCUT2D eigenvalue weighted by Gasteiger charge is 2.34. The van der Waals surface area contributed by atoms with E-state index in [0.29, 0.717) is 12.2 Å². The molecule has 0 saturated heterocycles. The van der Waals surface area contributed by atoms with Gasteiger partial charge in [0.25, 0.3) is 5.91 Å². The molecule has 2 rings (SSSR count). The third-order valence-corrected chi connectivity index (χ3v) is 6.01. The van der Waals surface area contributed by atoms with E-state index in [4.69, 9.17) is 4.42 Å². The van der Waals surface area contributed by atoms with Crippen LogP contribution in [0.5, 0.6) is 0 Å². The van der Waals surface area contributed by atoms with Crippen molar-refractivity contribution in [2.24, 2.45) is 0 Å². The molecule has 0 radical (unpaired) electrons. The lowest BCUT2D eigenvalue weighted by atomic mass is 9.93. The minimum Gasteiger partial charge on any atom is -0.431 e. The van der Waals surface area contributed by atoms with Crippen molar-refractivity contribution in [2.75, 3.05) is 23.0 Å². The second-order valence-corrected chi connectivity index (χ2v) is 10.5. The molecule has 0 spiro atoms. The number of anilines is 1. The van der Waals surface area contributed by atoms with Crippen LogP contribution in [0.25, 0.3) is 0 Å². The number of nitrogens with one attached hydrogen (secondary N) is 3. The molecule has 4 unspecified atom stereocenters. The van der Waals surface area contributed by atoms with Gasteiger partial charge in [0.05, 0.1) is 18.3 Å². The molecule has 2 amide bonds. The summed E-state index contributed by atoms with van der Waals surface area (Å²) in [6, 6.07) is 6.97. The summed E-state index contributed by atoms with van der Waals surface area (Å²) in [6.07, 6.45) is 1.54. The number of carbonyl (C=O) groups excluding carboxylic acids is 2. The molecule has 2 aromatic rings. The number of rotatable bonds is 13. The minimum absolute atomic E-state index is 0.173. The van der Waals surface area contributed by atoms with Gasteiger partial charge in [0.1, 0.15) is 18.5 Å². The van der Waals surface area contributed by atoms with Crippen LogP contribution in [0.3, 0.4) is 0 Å². The van der Waals surface area contributed by atoms with Crippen LogP contribution in [0.4, 0.5) is 6.01 Å². The first-order chi connectivity index (χ1) is 16.0. The Hall–Kier alpha value is -2.61. The lowest BCUT2D eigenvalue weighted by Crippen LogP contribution is -2.56. The highest BCUT2D eigenvalue weighted by atomic mass is 32.2. The van der Waals surface area contributed by atoms with Crippen molar-refractivity contribution in [3.8, 4) is 0 Å². The predicted octanol–water partition coefficient (Wildman–Crippen LogP) is 0.367. The van der Waals surface area contributed by atoms with Crippen LogP contribution in [0, 0.1) is 0 Å². The van der Waals surface area contributed by atoms with Gasteiger partial charge in [-0.2, -0.15) is 16.7 Å². The minimum atomic E-state index is -3.65. The number of sulfonamides is 1. The van der Waals surface area contributed by atoms with Gasteiger partial charge in [-0.15, -0.1) is 0 Å². The molecule has 1 heterocycles. The number of amides is 2. The number of oxazole rings is 1. The third kappa shape index (κ3) is 8.97. The molecular weight excluding hydrogens is 484 g/mol. The average Bonchev–Trinajstić information content (AvgIpc) is 3.22. The molecule has 1 aromatic heterocycles. The Morgan fingerprint density at radius 3 is 2.35 bits per heavy atom. The third-order valence-electron chi connectivity index (χ3n) is 4.82. The summed E-state index contributed by atoms with van der Waals surface area (Å²) >= 11 is 1.53. The molecule has 0 aliphatic heterocycles. The van der Waals surface area contributed by atoms with E-state index >= 15 is 0 Å². The van der Waals surface area contributed by atoms with Crippen LogP contribution in [-0.4, -0.2) is 78.0 Å². The first kappa shape index (κ1) is 27.6. The molecule has 0 aliphatic carbocycles. The van der Waals surface area contributed by atoms with Crippen molar-refractivity contribution in [3.05, 3.63) is 47.9 Å². The quantitative estimate of drug-likeness (QED) is 0.253. The number of nitrogens with zero attached hydrogens (tertiary/aromatic N) is 1. The van der Waals surface area contributed by atoms with Crippen LogP contribution in [0.2, 0.25) is 0 Å². The summed E-state index contributed by atoms with van der Waals surface area (Å²) in [5.74, 6) is -0.452. The van der Waals surface area contributed by atoms with E-state index < -0.39 is 40.2 Å². The Balaban J connectivity index is 2.24. The number of aliphatic hydroxyl groups is 2. The fraction of sp³-hybridized carbons (Fsp3) is 0.476. The summed E-state index contributed by atoms with van der Waals surface area (Å²) in [5, 5.41) is 27.2. The van der Waals surface area contributed by atoms with Gasteiger partial charge in [-0.3, -0.25) is 9.59 Å². The average molecular weight is 515 g/mol. The number of hydrogen-bond acceptors (Lipinski definition) is 9. The van der Waals surface area contributed by atoms with E-state index in [0.717, 1.165) is 18.1 Å². The number of hydrogen-bond donors (Lipinski definition) is 5. The number of benzene rings is 1. The van der Waals surface area contributed by atoms with E-state index in [2.05, 4.69) is 15.6 Å². The molecule has 1 aromatic carbocycles. The first-order valence-electron chi connectivity index (χ1n) is 10.4. The van der Waals surface area contributed by atoms with Crippen LogP contribution in [0.15, 0.2) is 41.0 Å². The summed E-state index contributed by atoms with van der Waals surface area (Å²) in [5.41, 5.74) is 0.575. The number of aromatic nitrogens is 1. The first-order valence-corrected chi connectivity index (χ1v) is 13.7. The molecule has 188 valence electrons. The Morgan fingerprint density at radius 1 is 1.12 bits per heavy atom. The fourth-order valence-corrected chi connectivity index (χ4v) is 4.16. The van der Waals surface area contributed by atoms with Gasteiger partial charge in [0, 0.05) is 6.92 Å². The van der Waals surface area contributed by atoms with Gasteiger partial charge >= 0.3 is 6.01 Å². The van der Waals surface area contributed by atoms with Crippen LogP contribution in [0.1, 0.15) is 29.4 Å². The maximum Gasteiger partial charge on any atom is 0.309 e. The maximum absolute atomic E-state index is 12.8. The molecule has 4 atom stereocenters. The number of aliphatic hydroxyl groups excluding tert-OH is 2. The largest absolute Gasteiger partial charge is 0.431 e. The van der Waals surface area contributed by atoms with Crippen molar-refractivity contribution >= 4 is 39.6 Å². The van der Waals surface area contributed by atoms with Gasteiger partial charge in [0.15, 0.2) is 5.69 Å². The topological polar surface area (TPSA) is 171 Å². The Bertz CT molecular complexity index is 1050. The summed E-state index contributed by atoms with van der Waals surface area (Å²) in [4.78, 5) is 28.2. The van der Waals surface area contributed by atoms with E-state index in [1.54, 1.807) is 12.1 Å². The Kier molecular flexibility index (Phi) is 10.4. The summed E-state index contributed by atoms with van der Waals surface area (Å²) < 4.78 is 29.7. The van der Waals surface area contributed by atoms with Crippen LogP contribution in [-0.2, 0) is 21.2 Å². The Morgan fingerprint density at radius 2 is 1.76 bits per heavy atom. The lowest BCUT2D eigenvalue weighted by molar-refractivity contribution is -0.121. The smallest absolute Gasteiger partial charge is 0.309 e. The highest BCUT2D eigenvalue weighted by Crippen LogP contribution is 2.16. The molecule has 0 aliphatic rings. The molecule has 13 heteroatoms. The molecular formula is C21H30N4O7S2. The van der Waals surface area contributed by atoms with E-state index in [1.807, 2.05) is 29.2 Å². The number of thioether (sulfide) groups is 1. The van der Waals surface area contributed by atoms with Crippen molar-refractivity contribution < 1.29 is 32.6 Å². The van der Waals surface area contributed by atoms with Gasteiger partial charge in [-0.05, 0) is 30.4 Å². The van der Waals surface area contributed by atoms with Crippen LogP contribution >= 0.6 is 11.8 Å². The predicted molar refractivity (Wildman–Crippen MR) is 129 cm³/mol. The standard InChI is InChI=1S/C21H30N4O7S2/c1-13(26)22-15(9-10-33-2)18(27)19(28)16(11-14-7-5-4-6-8-14)23-20(29)17-12-32-21(24-17)25-34(3,30)31/h4-8,12,15-16,18-19,27-28H,9-11H2,1-3H3,(H,22,26)(H,23,29)(H,24,25). The van der Waals surface area contributed by atoms with Crippen LogP contribution < -0.4 is 15.4 Å². The molecule has 0 saturated carbocycles. The zero-order chi connectivity index (χ0) is 25.3. The molecule has 0 bridgehead atoms. The summed E-state index contributed by atoms with van der Waals surface area (Å²) in [7, 11) is -3.65. The van der Waals surface area contributed by atoms with Crippen molar-refractivity contribution in [1.29, 1.82) is 0 Å². The van der Waals surface area contributed by atoms with Crippen molar-refractivity contribution in [2.45, 2.75) is 44.1 Å². The van der Waals surface area contributed by atoms with E-state index in [1.165, 1.54) is 18.7 Å². The van der Waals surface area contributed by atoms with Gasteiger partial charge in [0.2, 0.25) is 15.9 Å². The SMILES string of the molecule is CSCCC(NC(C)=O)C(O)C(O)C(Cc1ccccc1)NC(=O)c1coc(NS(C)(=O)=O)n1. The maximum atomic E-state index is 12.8. The second kappa shape index (κ2) is 12.7. The molecule has 11 nitrogen and oxygen atoms in total. The lowest BCUT2D eigenvalue weighted by Gasteiger charge is -2.32. The molecule has 5 N–H and O–H groups in total. The highest BCUT2D eigenvalue weighted by molar-refractivity contribution is 7.98. The monoisotopic (exact) mass is 514 g/mol. The molecule has 34 heavy (non-hydrogen) atoms. The van der Waals surface area contributed by atoms with Crippen molar-refractivity contribution in [1.82, 2.24) is 15.6 Å². The van der Waals surface area contributed by atoms with Gasteiger partial charge in [-0.1, -0.05) is 30.3 Å².